The average molecular weight is 191 g/mol. The molecular formula is C12H17NO. The highest BCUT2D eigenvalue weighted by molar-refractivity contribution is 5.49. The van der Waals surface area contributed by atoms with Gasteiger partial charge in [0, 0.05) is 12.5 Å². The van der Waals surface area contributed by atoms with Crippen molar-refractivity contribution in [2.24, 2.45) is 0 Å². The number of rotatable bonds is 3. The first-order chi connectivity index (χ1) is 6.76. The maximum atomic E-state index is 5.32. The first kappa shape index (κ1) is 9.53. The lowest BCUT2D eigenvalue weighted by atomic mass is 9.76. The molecule has 0 aliphatic heterocycles. The molecule has 0 radical (unpaired) electrons. The molecule has 0 saturated carbocycles. The van der Waals surface area contributed by atoms with Gasteiger partial charge < -0.3 is 10.1 Å². The van der Waals surface area contributed by atoms with Gasteiger partial charge in [0.1, 0.15) is 5.75 Å². The van der Waals surface area contributed by atoms with Crippen molar-refractivity contribution in [1.29, 1.82) is 0 Å². The first-order valence-electron chi connectivity index (χ1n) is 5.08. The summed E-state index contributed by atoms with van der Waals surface area (Å²) in [6, 6.07) is 4.44. The lowest BCUT2D eigenvalue weighted by Gasteiger charge is -2.31. The second-order valence-electron chi connectivity index (χ2n) is 3.98. The Kier molecular flexibility index (Phi) is 2.46. The molecular weight excluding hydrogens is 174 g/mol. The summed E-state index contributed by atoms with van der Waals surface area (Å²) in [7, 11) is 3.74. The monoisotopic (exact) mass is 191 g/mol. The second-order valence-corrected chi connectivity index (χ2v) is 3.98. The minimum Gasteiger partial charge on any atom is -0.496 e. The van der Waals surface area contributed by atoms with Crippen molar-refractivity contribution in [2.45, 2.75) is 19.3 Å². The molecule has 0 aromatic heterocycles. The normalized spacial score (nSPS) is 18.6. The molecule has 1 atom stereocenters. The van der Waals surface area contributed by atoms with Gasteiger partial charge in [0.05, 0.1) is 7.11 Å². The third kappa shape index (κ3) is 1.40. The number of methoxy groups -OCH3 is 1. The fraction of sp³-hybridized carbons (Fsp3) is 0.500. The summed E-state index contributed by atoms with van der Waals surface area (Å²) < 4.78 is 5.32. The Bertz CT molecular complexity index is 346. The molecule has 2 heteroatoms. The summed E-state index contributed by atoms with van der Waals surface area (Å²) in [4.78, 5) is 0. The van der Waals surface area contributed by atoms with E-state index in [2.05, 4.69) is 24.4 Å². The van der Waals surface area contributed by atoms with E-state index in [1.807, 2.05) is 7.05 Å². The van der Waals surface area contributed by atoms with Crippen LogP contribution in [0.5, 0.6) is 5.75 Å². The molecule has 0 amide bonds. The predicted molar refractivity (Wildman–Crippen MR) is 58.1 cm³/mol. The van der Waals surface area contributed by atoms with E-state index >= 15 is 0 Å². The van der Waals surface area contributed by atoms with Crippen molar-refractivity contribution < 1.29 is 4.74 Å². The predicted octanol–water partition coefficient (Wildman–Crippen LogP) is 1.86. The van der Waals surface area contributed by atoms with Crippen LogP contribution in [0.25, 0.3) is 0 Å². The summed E-state index contributed by atoms with van der Waals surface area (Å²) in [6.45, 7) is 3.17. The SMILES string of the molecule is CNCC1Cc2cc(C)c(OC)cc21. The van der Waals surface area contributed by atoms with Gasteiger partial charge in [0.15, 0.2) is 0 Å². The van der Waals surface area contributed by atoms with E-state index in [1.165, 1.54) is 23.1 Å². The average Bonchev–Trinajstić information content (AvgIpc) is 2.16. The number of hydrogen-bond donors (Lipinski definition) is 1. The number of benzene rings is 1. The Morgan fingerprint density at radius 2 is 2.29 bits per heavy atom. The Hall–Kier alpha value is -1.02. The van der Waals surface area contributed by atoms with Crippen LogP contribution >= 0.6 is 0 Å². The molecule has 2 nitrogen and oxygen atoms in total. The maximum absolute atomic E-state index is 5.32. The minimum atomic E-state index is 0.685. The number of aryl methyl sites for hydroxylation is 1. The van der Waals surface area contributed by atoms with Gasteiger partial charge in [0.2, 0.25) is 0 Å². The largest absolute Gasteiger partial charge is 0.496 e. The standard InChI is InChI=1S/C12H17NO/c1-8-4-9-5-10(7-13-2)11(9)6-12(8)14-3/h4,6,10,13H,5,7H2,1-3H3. The Morgan fingerprint density at radius 3 is 2.93 bits per heavy atom. The smallest absolute Gasteiger partial charge is 0.122 e. The number of likely N-dealkylation sites (N-methyl/N-ethyl adjacent to an activating group) is 1. The molecule has 76 valence electrons. The van der Waals surface area contributed by atoms with Crippen LogP contribution in [0.4, 0.5) is 0 Å². The van der Waals surface area contributed by atoms with E-state index in [9.17, 15) is 0 Å². The molecule has 1 aromatic rings. The van der Waals surface area contributed by atoms with Crippen LogP contribution in [0.1, 0.15) is 22.6 Å². The van der Waals surface area contributed by atoms with E-state index in [0.29, 0.717) is 5.92 Å². The van der Waals surface area contributed by atoms with Crippen LogP contribution in [0.2, 0.25) is 0 Å². The van der Waals surface area contributed by atoms with Crippen molar-refractivity contribution >= 4 is 0 Å². The van der Waals surface area contributed by atoms with Crippen molar-refractivity contribution in [3.63, 3.8) is 0 Å². The molecule has 14 heavy (non-hydrogen) atoms. The highest BCUT2D eigenvalue weighted by Crippen LogP contribution is 2.38. The molecule has 1 N–H and O–H groups in total. The molecule has 0 saturated heterocycles. The van der Waals surface area contributed by atoms with Crippen molar-refractivity contribution in [3.05, 3.63) is 28.8 Å². The zero-order valence-electron chi connectivity index (χ0n) is 9.05. The number of fused-ring (bicyclic) bond motifs is 1. The highest BCUT2D eigenvalue weighted by atomic mass is 16.5. The third-order valence-electron chi connectivity index (χ3n) is 3.01. The molecule has 0 bridgehead atoms. The molecule has 0 fully saturated rings. The Labute approximate surface area is 85.3 Å². The molecule has 1 aliphatic rings. The molecule has 1 unspecified atom stereocenters. The van der Waals surface area contributed by atoms with Gasteiger partial charge in [-0.2, -0.15) is 0 Å². The number of hydrogen-bond acceptors (Lipinski definition) is 2. The Morgan fingerprint density at radius 1 is 1.50 bits per heavy atom. The van der Waals surface area contributed by atoms with Gasteiger partial charge >= 0.3 is 0 Å². The van der Waals surface area contributed by atoms with Gasteiger partial charge in [0.25, 0.3) is 0 Å². The van der Waals surface area contributed by atoms with Crippen LogP contribution in [-0.4, -0.2) is 20.7 Å². The van der Waals surface area contributed by atoms with E-state index < -0.39 is 0 Å². The first-order valence-corrected chi connectivity index (χ1v) is 5.08. The second kappa shape index (κ2) is 3.62. The fourth-order valence-corrected chi connectivity index (χ4v) is 2.21. The van der Waals surface area contributed by atoms with Gasteiger partial charge in [-0.25, -0.2) is 0 Å². The zero-order chi connectivity index (χ0) is 10.1. The summed E-state index contributed by atoms with van der Waals surface area (Å²) in [6.07, 6.45) is 1.21. The van der Waals surface area contributed by atoms with Crippen molar-refractivity contribution in [2.75, 3.05) is 20.7 Å². The highest BCUT2D eigenvalue weighted by Gasteiger charge is 2.26. The lowest BCUT2D eigenvalue weighted by molar-refractivity contribution is 0.408. The van der Waals surface area contributed by atoms with Gasteiger partial charge in [-0.15, -0.1) is 0 Å². The minimum absolute atomic E-state index is 0.685. The van der Waals surface area contributed by atoms with E-state index in [0.717, 1.165) is 12.3 Å². The van der Waals surface area contributed by atoms with Crippen molar-refractivity contribution in [3.8, 4) is 5.75 Å². The van der Waals surface area contributed by atoms with Crippen LogP contribution in [0.15, 0.2) is 12.1 Å². The van der Waals surface area contributed by atoms with E-state index in [4.69, 9.17) is 4.74 Å². The zero-order valence-corrected chi connectivity index (χ0v) is 9.05. The molecule has 1 aromatic carbocycles. The van der Waals surface area contributed by atoms with Crippen LogP contribution in [0.3, 0.4) is 0 Å². The van der Waals surface area contributed by atoms with E-state index in [-0.39, 0.29) is 0 Å². The van der Waals surface area contributed by atoms with Crippen LogP contribution < -0.4 is 10.1 Å². The van der Waals surface area contributed by atoms with Gasteiger partial charge in [-0.1, -0.05) is 6.07 Å². The summed E-state index contributed by atoms with van der Waals surface area (Å²) >= 11 is 0. The summed E-state index contributed by atoms with van der Waals surface area (Å²) in [5.74, 6) is 1.70. The Balaban J connectivity index is 2.27. The summed E-state index contributed by atoms with van der Waals surface area (Å²) in [5, 5.41) is 3.22. The van der Waals surface area contributed by atoms with Crippen LogP contribution in [-0.2, 0) is 6.42 Å². The summed E-state index contributed by atoms with van der Waals surface area (Å²) in [5.41, 5.74) is 4.19. The molecule has 1 aliphatic carbocycles. The van der Waals surface area contributed by atoms with Crippen molar-refractivity contribution in [1.82, 2.24) is 5.32 Å². The van der Waals surface area contributed by atoms with E-state index in [1.54, 1.807) is 7.11 Å². The van der Waals surface area contributed by atoms with Gasteiger partial charge in [-0.05, 0) is 43.1 Å². The topological polar surface area (TPSA) is 21.3 Å². The van der Waals surface area contributed by atoms with Crippen LogP contribution in [0, 0.1) is 6.92 Å². The third-order valence-corrected chi connectivity index (χ3v) is 3.01. The van der Waals surface area contributed by atoms with Gasteiger partial charge in [-0.3, -0.25) is 0 Å². The molecule has 0 spiro atoms. The lowest BCUT2D eigenvalue weighted by Crippen LogP contribution is -2.27. The maximum Gasteiger partial charge on any atom is 0.122 e. The number of ether oxygens (including phenoxy) is 1. The fourth-order valence-electron chi connectivity index (χ4n) is 2.21. The molecule has 2 rings (SSSR count). The molecule has 0 heterocycles. The quantitative estimate of drug-likeness (QED) is 0.787. The number of nitrogens with one attached hydrogen (secondary N) is 1.